The normalized spacial score (nSPS) is 17.7. The van der Waals surface area contributed by atoms with E-state index in [4.69, 9.17) is 5.10 Å². The minimum atomic E-state index is -2.97. The van der Waals surface area contributed by atoms with Crippen molar-refractivity contribution in [2.24, 2.45) is 5.92 Å². The van der Waals surface area contributed by atoms with Crippen LogP contribution < -0.4 is 5.32 Å². The molecule has 0 bridgehead atoms. The van der Waals surface area contributed by atoms with Crippen LogP contribution >= 0.6 is 0 Å². The third kappa shape index (κ3) is 5.16. The zero-order chi connectivity index (χ0) is 21.0. The van der Waals surface area contributed by atoms with E-state index < -0.39 is 9.84 Å². The van der Waals surface area contributed by atoms with Gasteiger partial charge in [0.1, 0.15) is 0 Å². The summed E-state index contributed by atoms with van der Waals surface area (Å²) in [7, 11) is -2.97. The molecule has 0 radical (unpaired) electrons. The quantitative estimate of drug-likeness (QED) is 0.633. The number of nitrogens with zero attached hydrogens (tertiary/aromatic N) is 2. The number of hydrogen-bond donors (Lipinski definition) is 1. The first-order valence-electron chi connectivity index (χ1n) is 10.1. The van der Waals surface area contributed by atoms with Gasteiger partial charge in [-0.25, -0.2) is 8.42 Å². The smallest absolute Gasteiger partial charge is 0.220 e. The van der Waals surface area contributed by atoms with Gasteiger partial charge in [0.15, 0.2) is 9.84 Å². The van der Waals surface area contributed by atoms with Gasteiger partial charge < -0.3 is 5.32 Å². The molecule has 1 aromatic heterocycles. The molecule has 1 aliphatic rings. The second-order valence-electron chi connectivity index (χ2n) is 7.80. The Morgan fingerprint density at radius 2 is 1.77 bits per heavy atom. The largest absolute Gasteiger partial charge is 0.352 e. The maximum Gasteiger partial charge on any atom is 0.220 e. The summed E-state index contributed by atoms with van der Waals surface area (Å²) >= 11 is 0. The predicted molar refractivity (Wildman–Crippen MR) is 116 cm³/mol. The molecule has 3 aromatic rings. The molecule has 2 heterocycles. The molecule has 0 aliphatic carbocycles. The van der Waals surface area contributed by atoms with Gasteiger partial charge in [0, 0.05) is 30.3 Å². The van der Waals surface area contributed by atoms with Gasteiger partial charge in [0.2, 0.25) is 5.91 Å². The van der Waals surface area contributed by atoms with Crippen molar-refractivity contribution in [2.75, 3.05) is 11.5 Å². The summed E-state index contributed by atoms with van der Waals surface area (Å²) in [4.78, 5) is 12.4. The van der Waals surface area contributed by atoms with Gasteiger partial charge >= 0.3 is 0 Å². The van der Waals surface area contributed by atoms with Crippen LogP contribution in [-0.2, 0) is 27.7 Å². The van der Waals surface area contributed by atoms with Crippen molar-refractivity contribution in [1.29, 1.82) is 0 Å². The standard InChI is InChI=1S/C23H25N3O3S/c27-22(13-19-11-12-30(28,29)17-19)24-14-21-16-26(15-18-7-3-1-4-8-18)25-23(21)20-9-5-2-6-10-20/h1-10,16,19H,11-15,17H2,(H,24,27). The average Bonchev–Trinajstić information content (AvgIpc) is 3.30. The maximum atomic E-state index is 12.4. The van der Waals surface area contributed by atoms with Gasteiger partial charge in [-0.1, -0.05) is 60.7 Å². The molecule has 0 saturated carbocycles. The summed E-state index contributed by atoms with van der Waals surface area (Å²) in [6.07, 6.45) is 2.79. The lowest BCUT2D eigenvalue weighted by Crippen LogP contribution is -2.25. The highest BCUT2D eigenvalue weighted by atomic mass is 32.2. The van der Waals surface area contributed by atoms with E-state index >= 15 is 0 Å². The lowest BCUT2D eigenvalue weighted by molar-refractivity contribution is -0.122. The van der Waals surface area contributed by atoms with Crippen LogP contribution in [-0.4, -0.2) is 35.6 Å². The molecule has 2 aromatic carbocycles. The Kier molecular flexibility index (Phi) is 5.99. The van der Waals surface area contributed by atoms with Crippen LogP contribution in [0, 0.1) is 5.92 Å². The highest BCUT2D eigenvalue weighted by Crippen LogP contribution is 2.24. The molecule has 1 fully saturated rings. The Balaban J connectivity index is 1.47. The van der Waals surface area contributed by atoms with Crippen LogP contribution in [0.25, 0.3) is 11.3 Å². The number of amides is 1. The van der Waals surface area contributed by atoms with Crippen molar-refractivity contribution in [3.8, 4) is 11.3 Å². The Labute approximate surface area is 176 Å². The molecule has 4 rings (SSSR count). The van der Waals surface area contributed by atoms with Gasteiger partial charge in [-0.2, -0.15) is 5.10 Å². The summed E-state index contributed by atoms with van der Waals surface area (Å²) < 4.78 is 25.1. The molecule has 1 saturated heterocycles. The molecular weight excluding hydrogens is 398 g/mol. The van der Waals surface area contributed by atoms with Crippen molar-refractivity contribution in [3.63, 3.8) is 0 Å². The van der Waals surface area contributed by atoms with Crippen molar-refractivity contribution in [1.82, 2.24) is 15.1 Å². The molecule has 0 spiro atoms. The maximum absolute atomic E-state index is 12.4. The minimum Gasteiger partial charge on any atom is -0.352 e. The number of aromatic nitrogens is 2. The van der Waals surface area contributed by atoms with E-state index in [9.17, 15) is 13.2 Å². The van der Waals surface area contributed by atoms with E-state index in [-0.39, 0.29) is 29.8 Å². The lowest BCUT2D eigenvalue weighted by atomic mass is 10.0. The van der Waals surface area contributed by atoms with E-state index in [1.54, 1.807) is 0 Å². The fraction of sp³-hybridized carbons (Fsp3) is 0.304. The number of carbonyl (C=O) groups excluding carboxylic acids is 1. The third-order valence-electron chi connectivity index (χ3n) is 5.35. The first-order valence-corrected chi connectivity index (χ1v) is 11.9. The van der Waals surface area contributed by atoms with E-state index in [1.807, 2.05) is 59.4 Å². The van der Waals surface area contributed by atoms with E-state index in [0.717, 1.165) is 22.4 Å². The van der Waals surface area contributed by atoms with Crippen LogP contribution in [0.15, 0.2) is 66.9 Å². The molecule has 1 aliphatic heterocycles. The summed E-state index contributed by atoms with van der Waals surface area (Å²) in [6, 6.07) is 20.0. The van der Waals surface area contributed by atoms with Crippen LogP contribution in [0.3, 0.4) is 0 Å². The number of rotatable bonds is 7. The van der Waals surface area contributed by atoms with Crippen LogP contribution in [0.2, 0.25) is 0 Å². The van der Waals surface area contributed by atoms with Crippen LogP contribution in [0.1, 0.15) is 24.0 Å². The lowest BCUT2D eigenvalue weighted by Gasteiger charge is -2.09. The van der Waals surface area contributed by atoms with Gasteiger partial charge in [-0.15, -0.1) is 0 Å². The zero-order valence-electron chi connectivity index (χ0n) is 16.7. The van der Waals surface area contributed by atoms with Crippen molar-refractivity contribution >= 4 is 15.7 Å². The van der Waals surface area contributed by atoms with Gasteiger partial charge in [0.05, 0.1) is 23.7 Å². The second kappa shape index (κ2) is 8.83. The number of benzene rings is 2. The topological polar surface area (TPSA) is 81.1 Å². The summed E-state index contributed by atoms with van der Waals surface area (Å²) in [5, 5.41) is 7.72. The summed E-state index contributed by atoms with van der Waals surface area (Å²) in [5.41, 5.74) is 3.92. The predicted octanol–water partition coefficient (Wildman–Crippen LogP) is 3.04. The van der Waals surface area contributed by atoms with Crippen molar-refractivity contribution in [3.05, 3.63) is 78.0 Å². The highest BCUT2D eigenvalue weighted by Gasteiger charge is 2.29. The second-order valence-corrected chi connectivity index (χ2v) is 10.0. The third-order valence-corrected chi connectivity index (χ3v) is 7.19. The number of hydrogen-bond acceptors (Lipinski definition) is 4. The molecule has 6 nitrogen and oxygen atoms in total. The van der Waals surface area contributed by atoms with Gasteiger partial charge in [-0.3, -0.25) is 9.48 Å². The van der Waals surface area contributed by atoms with E-state index in [0.29, 0.717) is 19.5 Å². The number of carbonyl (C=O) groups is 1. The monoisotopic (exact) mass is 423 g/mol. The first kappa shape index (κ1) is 20.3. The van der Waals surface area contributed by atoms with Gasteiger partial charge in [-0.05, 0) is 17.9 Å². The van der Waals surface area contributed by atoms with Crippen LogP contribution in [0.5, 0.6) is 0 Å². The highest BCUT2D eigenvalue weighted by molar-refractivity contribution is 7.91. The Bertz CT molecular complexity index is 1110. The first-order chi connectivity index (χ1) is 14.5. The fourth-order valence-electron chi connectivity index (χ4n) is 3.84. The van der Waals surface area contributed by atoms with Crippen LogP contribution in [0.4, 0.5) is 0 Å². The SMILES string of the molecule is O=C(CC1CCS(=O)(=O)C1)NCc1cn(Cc2ccccc2)nc1-c1ccccc1. The Morgan fingerprint density at radius 3 is 2.43 bits per heavy atom. The Morgan fingerprint density at radius 1 is 1.07 bits per heavy atom. The number of sulfone groups is 1. The van der Waals surface area contributed by atoms with E-state index in [2.05, 4.69) is 17.4 Å². The molecule has 1 amide bonds. The molecule has 1 unspecified atom stereocenters. The van der Waals surface area contributed by atoms with Crippen molar-refractivity contribution in [2.45, 2.75) is 25.9 Å². The molecular formula is C23H25N3O3S. The molecule has 1 atom stereocenters. The fourth-order valence-corrected chi connectivity index (χ4v) is 5.71. The molecule has 7 heteroatoms. The molecule has 1 N–H and O–H groups in total. The molecule has 156 valence electrons. The number of nitrogens with one attached hydrogen (secondary N) is 1. The minimum absolute atomic E-state index is 0.0793. The van der Waals surface area contributed by atoms with Gasteiger partial charge in [0.25, 0.3) is 0 Å². The average molecular weight is 424 g/mol. The summed E-state index contributed by atoms with van der Waals surface area (Å²) in [5.74, 6) is 0.108. The summed E-state index contributed by atoms with van der Waals surface area (Å²) in [6.45, 7) is 1.01. The van der Waals surface area contributed by atoms with E-state index in [1.165, 1.54) is 0 Å². The molecule has 30 heavy (non-hydrogen) atoms. The Hall–Kier alpha value is -2.93. The van der Waals surface area contributed by atoms with Crippen molar-refractivity contribution < 1.29 is 13.2 Å². The zero-order valence-corrected chi connectivity index (χ0v) is 17.5.